The van der Waals surface area contributed by atoms with E-state index < -0.39 is 0 Å². The molecule has 3 heterocycles. The number of hydrogen-bond donors (Lipinski definition) is 1. The van der Waals surface area contributed by atoms with Crippen LogP contribution in [0.15, 0.2) is 18.2 Å². The Morgan fingerprint density at radius 1 is 1.14 bits per heavy atom. The summed E-state index contributed by atoms with van der Waals surface area (Å²) in [5.74, 6) is 0.326. The molecule has 1 atom stereocenters. The number of fused-ring (bicyclic) bond motifs is 1. The smallest absolute Gasteiger partial charge is 0.222 e. The van der Waals surface area contributed by atoms with Crippen LogP contribution in [-0.4, -0.2) is 70.9 Å². The SMILES string of the molecule is CCN1CC[C@]2(CCC1=O)CN(Cc1[nH]c3ccc(C)cc3c1C)CCN2C. The van der Waals surface area contributed by atoms with Gasteiger partial charge in [-0.2, -0.15) is 0 Å². The van der Waals surface area contributed by atoms with Crippen molar-refractivity contribution in [1.82, 2.24) is 19.7 Å². The number of likely N-dealkylation sites (N-methyl/N-ethyl adjacent to an activating group) is 1. The molecular formula is C23H34N4O. The van der Waals surface area contributed by atoms with Gasteiger partial charge in [0.05, 0.1) is 0 Å². The molecule has 152 valence electrons. The second kappa shape index (κ2) is 7.53. The lowest BCUT2D eigenvalue weighted by atomic mass is 9.86. The van der Waals surface area contributed by atoms with Gasteiger partial charge in [0.1, 0.15) is 0 Å². The summed E-state index contributed by atoms with van der Waals surface area (Å²) in [5, 5.41) is 1.34. The summed E-state index contributed by atoms with van der Waals surface area (Å²) in [6.45, 7) is 12.4. The summed E-state index contributed by atoms with van der Waals surface area (Å²) in [4.78, 5) is 23.2. The first-order chi connectivity index (χ1) is 13.4. The van der Waals surface area contributed by atoms with Gasteiger partial charge >= 0.3 is 0 Å². The highest BCUT2D eigenvalue weighted by molar-refractivity contribution is 5.85. The molecule has 5 nitrogen and oxygen atoms in total. The molecule has 1 aromatic carbocycles. The van der Waals surface area contributed by atoms with Crippen LogP contribution >= 0.6 is 0 Å². The van der Waals surface area contributed by atoms with Gasteiger partial charge in [0.2, 0.25) is 5.91 Å². The number of nitrogens with one attached hydrogen (secondary N) is 1. The normalized spacial score (nSPS) is 25.0. The Balaban J connectivity index is 1.54. The van der Waals surface area contributed by atoms with Gasteiger partial charge in [-0.3, -0.25) is 14.6 Å². The van der Waals surface area contributed by atoms with Crippen LogP contribution in [0.2, 0.25) is 0 Å². The molecule has 1 N–H and O–H groups in total. The summed E-state index contributed by atoms with van der Waals surface area (Å²) < 4.78 is 0. The maximum absolute atomic E-state index is 12.4. The predicted octanol–water partition coefficient (Wildman–Crippen LogP) is 3.30. The topological polar surface area (TPSA) is 42.6 Å². The van der Waals surface area contributed by atoms with E-state index >= 15 is 0 Å². The number of aromatic amines is 1. The zero-order valence-electron chi connectivity index (χ0n) is 17.8. The Labute approximate surface area is 168 Å². The molecular weight excluding hydrogens is 348 g/mol. The number of amides is 1. The number of carbonyl (C=O) groups excluding carboxylic acids is 1. The molecule has 2 saturated heterocycles. The van der Waals surface area contributed by atoms with E-state index in [2.05, 4.69) is 60.8 Å². The van der Waals surface area contributed by atoms with Gasteiger partial charge in [0.25, 0.3) is 0 Å². The van der Waals surface area contributed by atoms with E-state index in [-0.39, 0.29) is 5.54 Å². The second-order valence-corrected chi connectivity index (χ2v) is 8.86. The minimum Gasteiger partial charge on any atom is -0.357 e. The second-order valence-electron chi connectivity index (χ2n) is 8.86. The van der Waals surface area contributed by atoms with Crippen LogP contribution in [0.25, 0.3) is 10.9 Å². The molecule has 5 heteroatoms. The Morgan fingerprint density at radius 2 is 1.96 bits per heavy atom. The fourth-order valence-corrected chi connectivity index (χ4v) is 5.12. The van der Waals surface area contributed by atoms with E-state index in [0.29, 0.717) is 12.3 Å². The largest absolute Gasteiger partial charge is 0.357 e. The number of rotatable bonds is 3. The van der Waals surface area contributed by atoms with Gasteiger partial charge in [-0.15, -0.1) is 0 Å². The molecule has 1 aromatic heterocycles. The molecule has 0 saturated carbocycles. The number of hydrogen-bond acceptors (Lipinski definition) is 3. The molecule has 0 unspecified atom stereocenters. The third-order valence-corrected chi connectivity index (χ3v) is 7.16. The molecule has 4 rings (SSSR count). The van der Waals surface area contributed by atoms with Crippen LogP contribution in [0.4, 0.5) is 0 Å². The number of H-pyrrole nitrogens is 1. The standard InChI is InChI=1S/C23H34N4O/c1-5-27-11-10-23(9-8-22(27)28)16-26(13-12-25(23)4)15-21-18(3)19-14-17(2)6-7-20(19)24-21/h6-7,14,24H,5,8-13,15-16H2,1-4H3/t23-/m1/s1. The zero-order chi connectivity index (χ0) is 19.9. The van der Waals surface area contributed by atoms with Gasteiger partial charge in [-0.25, -0.2) is 0 Å². The Bertz CT molecular complexity index is 873. The predicted molar refractivity (Wildman–Crippen MR) is 115 cm³/mol. The average molecular weight is 383 g/mol. The number of likely N-dealkylation sites (tertiary alicyclic amines) is 1. The summed E-state index contributed by atoms with van der Waals surface area (Å²) in [7, 11) is 2.25. The van der Waals surface area contributed by atoms with Crippen LogP contribution in [-0.2, 0) is 11.3 Å². The summed E-state index contributed by atoms with van der Waals surface area (Å²) >= 11 is 0. The van der Waals surface area contributed by atoms with E-state index in [4.69, 9.17) is 0 Å². The van der Waals surface area contributed by atoms with Crippen molar-refractivity contribution in [2.75, 3.05) is 39.8 Å². The summed E-state index contributed by atoms with van der Waals surface area (Å²) in [6.07, 6.45) is 2.72. The molecule has 2 aliphatic heterocycles. The van der Waals surface area contributed by atoms with Crippen LogP contribution in [0.1, 0.15) is 43.0 Å². The number of carbonyl (C=O) groups is 1. The van der Waals surface area contributed by atoms with Crippen molar-refractivity contribution in [1.29, 1.82) is 0 Å². The monoisotopic (exact) mass is 382 g/mol. The number of aryl methyl sites for hydroxylation is 2. The highest BCUT2D eigenvalue weighted by atomic mass is 16.2. The summed E-state index contributed by atoms with van der Waals surface area (Å²) in [6, 6.07) is 6.66. The Kier molecular flexibility index (Phi) is 5.23. The first-order valence-electron chi connectivity index (χ1n) is 10.7. The molecule has 2 fully saturated rings. The number of piperazine rings is 1. The molecule has 28 heavy (non-hydrogen) atoms. The van der Waals surface area contributed by atoms with E-state index in [0.717, 1.165) is 52.1 Å². The van der Waals surface area contributed by atoms with Crippen LogP contribution in [0.5, 0.6) is 0 Å². The molecule has 0 bridgehead atoms. The molecule has 1 spiro atoms. The highest BCUT2D eigenvalue weighted by Gasteiger charge is 2.42. The first kappa shape index (κ1) is 19.5. The van der Waals surface area contributed by atoms with E-state index in [9.17, 15) is 4.79 Å². The summed E-state index contributed by atoms with van der Waals surface area (Å²) in [5.41, 5.74) is 5.37. The quantitative estimate of drug-likeness (QED) is 0.886. The van der Waals surface area contributed by atoms with Crippen molar-refractivity contribution >= 4 is 16.8 Å². The lowest BCUT2D eigenvalue weighted by molar-refractivity contribution is -0.130. The van der Waals surface area contributed by atoms with Crippen molar-refractivity contribution in [2.45, 2.75) is 52.1 Å². The van der Waals surface area contributed by atoms with Crippen molar-refractivity contribution in [3.63, 3.8) is 0 Å². The molecule has 2 aromatic rings. The fourth-order valence-electron chi connectivity index (χ4n) is 5.12. The van der Waals surface area contributed by atoms with Crippen LogP contribution in [0, 0.1) is 13.8 Å². The maximum Gasteiger partial charge on any atom is 0.222 e. The highest BCUT2D eigenvalue weighted by Crippen LogP contribution is 2.33. The third kappa shape index (κ3) is 3.46. The van der Waals surface area contributed by atoms with E-state index in [1.807, 2.05) is 4.90 Å². The van der Waals surface area contributed by atoms with E-state index in [1.54, 1.807) is 0 Å². The van der Waals surface area contributed by atoms with Gasteiger partial charge in [0.15, 0.2) is 0 Å². The number of benzene rings is 1. The van der Waals surface area contributed by atoms with Crippen molar-refractivity contribution < 1.29 is 4.79 Å². The number of nitrogens with zero attached hydrogens (tertiary/aromatic N) is 3. The van der Waals surface area contributed by atoms with E-state index in [1.165, 1.54) is 27.7 Å². The van der Waals surface area contributed by atoms with Crippen molar-refractivity contribution in [2.24, 2.45) is 0 Å². The van der Waals surface area contributed by atoms with Crippen molar-refractivity contribution in [3.05, 3.63) is 35.0 Å². The average Bonchev–Trinajstić information content (AvgIpc) is 2.88. The molecule has 0 radical (unpaired) electrons. The number of aromatic nitrogens is 1. The lowest BCUT2D eigenvalue weighted by Crippen LogP contribution is -2.60. The van der Waals surface area contributed by atoms with Crippen molar-refractivity contribution in [3.8, 4) is 0 Å². The van der Waals surface area contributed by atoms with Crippen LogP contribution in [0.3, 0.4) is 0 Å². The molecule has 1 amide bonds. The van der Waals surface area contributed by atoms with Gasteiger partial charge in [0, 0.05) is 67.8 Å². The first-order valence-corrected chi connectivity index (χ1v) is 10.7. The zero-order valence-corrected chi connectivity index (χ0v) is 17.8. The minimum absolute atomic E-state index is 0.119. The fraction of sp³-hybridized carbons (Fsp3) is 0.609. The third-order valence-electron chi connectivity index (χ3n) is 7.16. The Hall–Kier alpha value is -1.85. The Morgan fingerprint density at radius 3 is 2.75 bits per heavy atom. The molecule has 0 aliphatic carbocycles. The lowest BCUT2D eigenvalue weighted by Gasteiger charge is -2.49. The molecule has 2 aliphatic rings. The van der Waals surface area contributed by atoms with Gasteiger partial charge in [-0.1, -0.05) is 11.6 Å². The maximum atomic E-state index is 12.4. The van der Waals surface area contributed by atoms with Gasteiger partial charge < -0.3 is 9.88 Å². The minimum atomic E-state index is 0.119. The van der Waals surface area contributed by atoms with Gasteiger partial charge in [-0.05, 0) is 58.4 Å². The van der Waals surface area contributed by atoms with Crippen LogP contribution < -0.4 is 0 Å².